The van der Waals surface area contributed by atoms with Crippen LogP contribution in [-0.2, 0) is 6.61 Å². The molecule has 0 spiro atoms. The standard InChI is InChI=1S/C15H17NO2/c1-11-9-12(7-8-13(11)16)10-18-15-6-4-3-5-14(15)17-2/h3-9H,10,16H2,1-2H3. The first-order chi connectivity index (χ1) is 8.70. The largest absolute Gasteiger partial charge is 0.493 e. The van der Waals surface area contributed by atoms with Gasteiger partial charge in [0.2, 0.25) is 0 Å². The molecule has 0 fully saturated rings. The quantitative estimate of drug-likeness (QED) is 0.839. The highest BCUT2D eigenvalue weighted by molar-refractivity contribution is 5.47. The summed E-state index contributed by atoms with van der Waals surface area (Å²) in [5.41, 5.74) is 8.74. The van der Waals surface area contributed by atoms with Gasteiger partial charge in [0.15, 0.2) is 11.5 Å². The Kier molecular flexibility index (Phi) is 3.72. The Balaban J connectivity index is 2.09. The molecule has 0 unspecified atom stereocenters. The van der Waals surface area contributed by atoms with E-state index in [1.54, 1.807) is 7.11 Å². The van der Waals surface area contributed by atoms with Gasteiger partial charge in [-0.3, -0.25) is 0 Å². The topological polar surface area (TPSA) is 44.5 Å². The summed E-state index contributed by atoms with van der Waals surface area (Å²) in [6, 6.07) is 13.5. The molecule has 0 atom stereocenters. The Morgan fingerprint density at radius 1 is 1.06 bits per heavy atom. The van der Waals surface area contributed by atoms with Crippen LogP contribution in [0.3, 0.4) is 0 Å². The van der Waals surface area contributed by atoms with Gasteiger partial charge in [-0.15, -0.1) is 0 Å². The molecule has 3 heteroatoms. The lowest BCUT2D eigenvalue weighted by molar-refractivity contribution is 0.284. The number of rotatable bonds is 4. The van der Waals surface area contributed by atoms with Gasteiger partial charge in [-0.1, -0.05) is 24.3 Å². The van der Waals surface area contributed by atoms with Crippen LogP contribution in [0.25, 0.3) is 0 Å². The second-order valence-corrected chi connectivity index (χ2v) is 4.13. The number of nitrogen functional groups attached to an aromatic ring is 1. The third-order valence-electron chi connectivity index (χ3n) is 2.80. The molecule has 0 aliphatic carbocycles. The molecule has 3 nitrogen and oxygen atoms in total. The molecular weight excluding hydrogens is 226 g/mol. The van der Waals surface area contributed by atoms with Crippen LogP contribution in [0.15, 0.2) is 42.5 Å². The number of hydrogen-bond acceptors (Lipinski definition) is 3. The summed E-state index contributed by atoms with van der Waals surface area (Å²) in [5.74, 6) is 1.49. The van der Waals surface area contributed by atoms with Gasteiger partial charge in [0.05, 0.1) is 7.11 Å². The minimum atomic E-state index is 0.501. The van der Waals surface area contributed by atoms with Crippen LogP contribution >= 0.6 is 0 Å². The Hall–Kier alpha value is -2.16. The molecule has 2 rings (SSSR count). The number of para-hydroxylation sites is 2. The second-order valence-electron chi connectivity index (χ2n) is 4.13. The van der Waals surface area contributed by atoms with Crippen LogP contribution in [0.2, 0.25) is 0 Å². The molecule has 2 aromatic rings. The van der Waals surface area contributed by atoms with Crippen molar-refractivity contribution in [2.24, 2.45) is 0 Å². The molecule has 0 saturated carbocycles. The Morgan fingerprint density at radius 3 is 2.44 bits per heavy atom. The highest BCUT2D eigenvalue weighted by atomic mass is 16.5. The van der Waals surface area contributed by atoms with Crippen molar-refractivity contribution in [2.45, 2.75) is 13.5 Å². The van der Waals surface area contributed by atoms with Crippen molar-refractivity contribution < 1.29 is 9.47 Å². The average Bonchev–Trinajstić information content (AvgIpc) is 2.40. The van der Waals surface area contributed by atoms with E-state index in [2.05, 4.69) is 0 Å². The van der Waals surface area contributed by atoms with Gasteiger partial charge in [-0.2, -0.15) is 0 Å². The molecule has 0 amide bonds. The summed E-state index contributed by atoms with van der Waals surface area (Å²) < 4.78 is 11.0. The molecule has 0 aliphatic heterocycles. The fraction of sp³-hybridized carbons (Fsp3) is 0.200. The van der Waals surface area contributed by atoms with E-state index < -0.39 is 0 Å². The lowest BCUT2D eigenvalue weighted by Gasteiger charge is -2.11. The van der Waals surface area contributed by atoms with Gasteiger partial charge in [0.1, 0.15) is 6.61 Å². The van der Waals surface area contributed by atoms with E-state index in [-0.39, 0.29) is 0 Å². The van der Waals surface area contributed by atoms with Gasteiger partial charge >= 0.3 is 0 Å². The van der Waals surface area contributed by atoms with Crippen LogP contribution in [0.5, 0.6) is 11.5 Å². The maximum Gasteiger partial charge on any atom is 0.161 e. The molecular formula is C15H17NO2. The van der Waals surface area contributed by atoms with Crippen molar-refractivity contribution in [3.05, 3.63) is 53.6 Å². The van der Waals surface area contributed by atoms with Gasteiger partial charge in [0.25, 0.3) is 0 Å². The molecule has 0 heterocycles. The molecule has 0 aromatic heterocycles. The monoisotopic (exact) mass is 243 g/mol. The van der Waals surface area contributed by atoms with Crippen molar-refractivity contribution in [1.29, 1.82) is 0 Å². The van der Waals surface area contributed by atoms with Crippen molar-refractivity contribution in [3.8, 4) is 11.5 Å². The average molecular weight is 243 g/mol. The van der Waals surface area contributed by atoms with Crippen molar-refractivity contribution in [3.63, 3.8) is 0 Å². The first-order valence-electron chi connectivity index (χ1n) is 5.81. The lowest BCUT2D eigenvalue weighted by Crippen LogP contribution is -1.99. The highest BCUT2D eigenvalue weighted by Crippen LogP contribution is 2.26. The number of benzene rings is 2. The molecule has 0 saturated heterocycles. The Labute approximate surface area is 107 Å². The molecule has 2 N–H and O–H groups in total. The Bertz CT molecular complexity index is 538. The Morgan fingerprint density at radius 2 is 1.78 bits per heavy atom. The SMILES string of the molecule is COc1ccccc1OCc1ccc(N)c(C)c1. The van der Waals surface area contributed by atoms with Crippen molar-refractivity contribution in [1.82, 2.24) is 0 Å². The zero-order valence-corrected chi connectivity index (χ0v) is 10.6. The van der Waals surface area contributed by atoms with Gasteiger partial charge < -0.3 is 15.2 Å². The predicted octanol–water partition coefficient (Wildman–Crippen LogP) is 3.16. The van der Waals surface area contributed by atoms with Crippen LogP contribution in [0, 0.1) is 6.92 Å². The van der Waals surface area contributed by atoms with E-state index in [4.69, 9.17) is 15.2 Å². The van der Waals surface area contributed by atoms with Crippen molar-refractivity contribution >= 4 is 5.69 Å². The van der Waals surface area contributed by atoms with Gasteiger partial charge in [0, 0.05) is 5.69 Å². The summed E-state index contributed by atoms with van der Waals surface area (Å²) in [4.78, 5) is 0. The molecule has 0 bridgehead atoms. The smallest absolute Gasteiger partial charge is 0.161 e. The summed E-state index contributed by atoms with van der Waals surface area (Å²) in [5, 5.41) is 0. The van der Waals surface area contributed by atoms with E-state index >= 15 is 0 Å². The molecule has 0 radical (unpaired) electrons. The normalized spacial score (nSPS) is 10.1. The molecule has 94 valence electrons. The maximum atomic E-state index is 5.78. The maximum absolute atomic E-state index is 5.78. The minimum absolute atomic E-state index is 0.501. The third kappa shape index (κ3) is 2.74. The molecule has 2 aromatic carbocycles. The zero-order valence-electron chi connectivity index (χ0n) is 10.6. The first kappa shape index (κ1) is 12.3. The third-order valence-corrected chi connectivity index (χ3v) is 2.80. The fourth-order valence-electron chi connectivity index (χ4n) is 1.73. The number of aryl methyl sites for hydroxylation is 1. The van der Waals surface area contributed by atoms with Gasteiger partial charge in [-0.25, -0.2) is 0 Å². The summed E-state index contributed by atoms with van der Waals surface area (Å²) in [6.45, 7) is 2.49. The fourth-order valence-corrected chi connectivity index (χ4v) is 1.73. The van der Waals surface area contributed by atoms with E-state index in [1.165, 1.54) is 0 Å². The van der Waals surface area contributed by atoms with Crippen LogP contribution in [0.4, 0.5) is 5.69 Å². The van der Waals surface area contributed by atoms with E-state index in [0.717, 1.165) is 28.3 Å². The van der Waals surface area contributed by atoms with Gasteiger partial charge in [-0.05, 0) is 36.2 Å². The predicted molar refractivity (Wildman–Crippen MR) is 72.9 cm³/mol. The van der Waals surface area contributed by atoms with Crippen molar-refractivity contribution in [2.75, 3.05) is 12.8 Å². The number of hydrogen-bond donors (Lipinski definition) is 1. The van der Waals surface area contributed by atoms with Crippen LogP contribution in [-0.4, -0.2) is 7.11 Å². The second kappa shape index (κ2) is 5.45. The summed E-state index contributed by atoms with van der Waals surface area (Å²) in [7, 11) is 1.63. The lowest BCUT2D eigenvalue weighted by atomic mass is 10.1. The number of ether oxygens (including phenoxy) is 2. The van der Waals surface area contributed by atoms with E-state index in [0.29, 0.717) is 6.61 Å². The number of anilines is 1. The van der Waals surface area contributed by atoms with E-state index in [9.17, 15) is 0 Å². The summed E-state index contributed by atoms with van der Waals surface area (Å²) in [6.07, 6.45) is 0. The highest BCUT2D eigenvalue weighted by Gasteiger charge is 2.03. The zero-order chi connectivity index (χ0) is 13.0. The molecule has 0 aliphatic rings. The number of methoxy groups -OCH3 is 1. The minimum Gasteiger partial charge on any atom is -0.493 e. The van der Waals surface area contributed by atoms with E-state index in [1.807, 2.05) is 49.4 Å². The van der Waals surface area contributed by atoms with Crippen LogP contribution < -0.4 is 15.2 Å². The van der Waals surface area contributed by atoms with Crippen LogP contribution in [0.1, 0.15) is 11.1 Å². The first-order valence-corrected chi connectivity index (χ1v) is 5.81. The summed E-state index contributed by atoms with van der Waals surface area (Å²) >= 11 is 0. The number of nitrogens with two attached hydrogens (primary N) is 1. The molecule has 18 heavy (non-hydrogen) atoms.